The van der Waals surface area contributed by atoms with E-state index in [2.05, 4.69) is 41.9 Å². The second kappa shape index (κ2) is 6.93. The molecule has 0 bridgehead atoms. The van der Waals surface area contributed by atoms with E-state index in [4.69, 9.17) is 11.6 Å². The van der Waals surface area contributed by atoms with Crippen LogP contribution in [0.25, 0.3) is 0 Å². The Bertz CT molecular complexity index is 450. The van der Waals surface area contributed by atoms with E-state index in [1.54, 1.807) is 0 Å². The van der Waals surface area contributed by atoms with Crippen molar-refractivity contribution in [1.82, 2.24) is 5.32 Å². The van der Waals surface area contributed by atoms with Gasteiger partial charge in [-0.1, -0.05) is 29.8 Å². The number of hydrogen-bond donors (Lipinski definition) is 1. The van der Waals surface area contributed by atoms with Gasteiger partial charge in [0.05, 0.1) is 0 Å². The van der Waals surface area contributed by atoms with Gasteiger partial charge in [0.25, 0.3) is 0 Å². The van der Waals surface area contributed by atoms with Gasteiger partial charge in [0, 0.05) is 22.5 Å². The highest BCUT2D eigenvalue weighted by Gasteiger charge is 2.03. The molecule has 0 aliphatic heterocycles. The van der Waals surface area contributed by atoms with Crippen molar-refractivity contribution in [1.29, 1.82) is 0 Å². The van der Waals surface area contributed by atoms with Gasteiger partial charge in [-0.2, -0.15) is 0 Å². The Morgan fingerprint density at radius 1 is 1.22 bits per heavy atom. The van der Waals surface area contributed by atoms with Gasteiger partial charge in [-0.3, -0.25) is 0 Å². The Morgan fingerprint density at radius 2 is 2.00 bits per heavy atom. The number of rotatable bonds is 6. The SMILES string of the molecule is CC(Cc1ccc(Cl)cc1)NCCc1cccs1. The van der Waals surface area contributed by atoms with Crippen LogP contribution in [-0.4, -0.2) is 12.6 Å². The molecule has 0 radical (unpaired) electrons. The van der Waals surface area contributed by atoms with Crippen LogP contribution in [0.1, 0.15) is 17.4 Å². The van der Waals surface area contributed by atoms with Gasteiger partial charge in [0.15, 0.2) is 0 Å². The van der Waals surface area contributed by atoms with Crippen LogP contribution >= 0.6 is 22.9 Å². The van der Waals surface area contributed by atoms with Crippen LogP contribution in [-0.2, 0) is 12.8 Å². The summed E-state index contributed by atoms with van der Waals surface area (Å²) < 4.78 is 0. The minimum absolute atomic E-state index is 0.492. The molecule has 0 saturated carbocycles. The molecule has 1 heterocycles. The zero-order chi connectivity index (χ0) is 12.8. The second-order valence-electron chi connectivity index (χ2n) is 4.52. The monoisotopic (exact) mass is 279 g/mol. The van der Waals surface area contributed by atoms with Crippen molar-refractivity contribution < 1.29 is 0 Å². The highest BCUT2D eigenvalue weighted by Crippen LogP contribution is 2.11. The van der Waals surface area contributed by atoms with Crippen LogP contribution < -0.4 is 5.32 Å². The standard InChI is InChI=1S/C15H18ClNS/c1-12(11-13-4-6-14(16)7-5-13)17-9-8-15-3-2-10-18-15/h2-7,10,12,17H,8-9,11H2,1H3. The normalized spacial score (nSPS) is 12.6. The van der Waals surface area contributed by atoms with Crippen molar-refractivity contribution in [2.75, 3.05) is 6.54 Å². The zero-order valence-electron chi connectivity index (χ0n) is 10.5. The number of thiophene rings is 1. The van der Waals surface area contributed by atoms with Crippen LogP contribution in [0, 0.1) is 0 Å². The van der Waals surface area contributed by atoms with Crippen LogP contribution in [0.2, 0.25) is 5.02 Å². The molecule has 1 N–H and O–H groups in total. The maximum atomic E-state index is 5.87. The summed E-state index contributed by atoms with van der Waals surface area (Å²) in [5.74, 6) is 0. The van der Waals surface area contributed by atoms with Gasteiger partial charge in [-0.15, -0.1) is 11.3 Å². The molecule has 96 valence electrons. The maximum absolute atomic E-state index is 5.87. The second-order valence-corrected chi connectivity index (χ2v) is 5.98. The number of nitrogens with one attached hydrogen (secondary N) is 1. The first-order valence-electron chi connectivity index (χ1n) is 6.24. The lowest BCUT2D eigenvalue weighted by molar-refractivity contribution is 0.550. The van der Waals surface area contributed by atoms with Crippen molar-refractivity contribution in [3.63, 3.8) is 0 Å². The summed E-state index contributed by atoms with van der Waals surface area (Å²) in [7, 11) is 0. The average Bonchev–Trinajstić information content (AvgIpc) is 2.85. The minimum Gasteiger partial charge on any atom is -0.314 e. The molecule has 1 aromatic carbocycles. The molecule has 0 fully saturated rings. The lowest BCUT2D eigenvalue weighted by Gasteiger charge is -2.13. The highest BCUT2D eigenvalue weighted by atomic mass is 35.5. The molecular formula is C15H18ClNS. The van der Waals surface area contributed by atoms with E-state index in [9.17, 15) is 0 Å². The van der Waals surface area contributed by atoms with Crippen molar-refractivity contribution in [3.05, 3.63) is 57.2 Å². The molecule has 0 aliphatic carbocycles. The lowest BCUT2D eigenvalue weighted by Crippen LogP contribution is -2.29. The number of benzene rings is 1. The molecule has 2 rings (SSSR count). The summed E-state index contributed by atoms with van der Waals surface area (Å²) in [6.45, 7) is 3.26. The van der Waals surface area contributed by atoms with E-state index in [0.717, 1.165) is 24.4 Å². The third kappa shape index (κ3) is 4.45. The van der Waals surface area contributed by atoms with Crippen LogP contribution in [0.3, 0.4) is 0 Å². The zero-order valence-corrected chi connectivity index (χ0v) is 12.1. The van der Waals surface area contributed by atoms with Crippen molar-refractivity contribution in [2.24, 2.45) is 0 Å². The Kier molecular flexibility index (Phi) is 5.24. The van der Waals surface area contributed by atoms with Gasteiger partial charge < -0.3 is 5.32 Å². The molecule has 0 spiro atoms. The summed E-state index contributed by atoms with van der Waals surface area (Å²) in [4.78, 5) is 1.45. The van der Waals surface area contributed by atoms with Gasteiger partial charge in [-0.25, -0.2) is 0 Å². The summed E-state index contributed by atoms with van der Waals surface area (Å²) in [6.07, 6.45) is 2.16. The Balaban J connectivity index is 1.71. The summed E-state index contributed by atoms with van der Waals surface area (Å²) in [5, 5.41) is 6.49. The fraction of sp³-hybridized carbons (Fsp3) is 0.333. The molecule has 1 atom stereocenters. The minimum atomic E-state index is 0.492. The van der Waals surface area contributed by atoms with E-state index >= 15 is 0 Å². The Morgan fingerprint density at radius 3 is 2.67 bits per heavy atom. The maximum Gasteiger partial charge on any atom is 0.0406 e. The molecule has 3 heteroatoms. The first-order valence-corrected chi connectivity index (χ1v) is 7.50. The van der Waals surface area contributed by atoms with Crippen LogP contribution in [0.4, 0.5) is 0 Å². The molecule has 1 nitrogen and oxygen atoms in total. The summed E-state index contributed by atoms with van der Waals surface area (Å²) >= 11 is 7.70. The summed E-state index contributed by atoms with van der Waals surface area (Å²) in [5.41, 5.74) is 1.33. The predicted molar refractivity (Wildman–Crippen MR) is 80.6 cm³/mol. The molecule has 0 amide bonds. The Hall–Kier alpha value is -0.830. The van der Waals surface area contributed by atoms with Crippen molar-refractivity contribution in [3.8, 4) is 0 Å². The van der Waals surface area contributed by atoms with Crippen molar-refractivity contribution in [2.45, 2.75) is 25.8 Å². The number of halogens is 1. The first kappa shape index (κ1) is 13.6. The lowest BCUT2D eigenvalue weighted by atomic mass is 10.1. The quantitative estimate of drug-likeness (QED) is 0.837. The molecule has 1 aromatic heterocycles. The molecular weight excluding hydrogens is 262 g/mol. The van der Waals surface area contributed by atoms with Gasteiger partial charge in [0.2, 0.25) is 0 Å². The third-order valence-electron chi connectivity index (χ3n) is 2.90. The van der Waals surface area contributed by atoms with E-state index in [1.165, 1.54) is 10.4 Å². The van der Waals surface area contributed by atoms with Gasteiger partial charge in [0.1, 0.15) is 0 Å². The highest BCUT2D eigenvalue weighted by molar-refractivity contribution is 7.09. The van der Waals surface area contributed by atoms with E-state index in [0.29, 0.717) is 6.04 Å². The number of hydrogen-bond acceptors (Lipinski definition) is 2. The first-order chi connectivity index (χ1) is 8.74. The van der Waals surface area contributed by atoms with Crippen LogP contribution in [0.5, 0.6) is 0 Å². The van der Waals surface area contributed by atoms with E-state index < -0.39 is 0 Å². The molecule has 0 aliphatic rings. The Labute approximate surface area is 118 Å². The van der Waals surface area contributed by atoms with Gasteiger partial charge >= 0.3 is 0 Å². The third-order valence-corrected chi connectivity index (χ3v) is 4.09. The molecule has 18 heavy (non-hydrogen) atoms. The fourth-order valence-electron chi connectivity index (χ4n) is 1.94. The molecule has 1 unspecified atom stereocenters. The smallest absolute Gasteiger partial charge is 0.0406 e. The molecule has 2 aromatic rings. The van der Waals surface area contributed by atoms with Gasteiger partial charge in [-0.05, 0) is 48.9 Å². The van der Waals surface area contributed by atoms with E-state index in [1.807, 2.05) is 23.5 Å². The topological polar surface area (TPSA) is 12.0 Å². The average molecular weight is 280 g/mol. The van der Waals surface area contributed by atoms with Crippen molar-refractivity contribution >= 4 is 22.9 Å². The van der Waals surface area contributed by atoms with E-state index in [-0.39, 0.29) is 0 Å². The summed E-state index contributed by atoms with van der Waals surface area (Å²) in [6, 6.07) is 12.9. The largest absolute Gasteiger partial charge is 0.314 e. The molecule has 0 saturated heterocycles. The van der Waals surface area contributed by atoms with Crippen LogP contribution in [0.15, 0.2) is 41.8 Å². The fourth-order valence-corrected chi connectivity index (χ4v) is 2.78. The predicted octanol–water partition coefficient (Wildman–Crippen LogP) is 4.16.